The Labute approximate surface area is 81.5 Å². The highest BCUT2D eigenvalue weighted by molar-refractivity contribution is 14.1. The molecule has 0 atom stereocenters. The zero-order chi connectivity index (χ0) is 10.3. The van der Waals surface area contributed by atoms with Crippen molar-refractivity contribution in [1.82, 2.24) is 10.2 Å². The highest BCUT2D eigenvalue weighted by Gasteiger charge is 2.62. The molecule has 0 amide bonds. The second-order valence-electron chi connectivity index (χ2n) is 1.93. The Morgan fingerprint density at radius 1 is 1.08 bits per heavy atom. The average molecular weight is 314 g/mol. The zero-order valence-electron chi connectivity index (χ0n) is 5.57. The predicted octanol–water partition coefficient (Wildman–Crippen LogP) is 2.33. The van der Waals surface area contributed by atoms with Crippen LogP contribution in [0.1, 0.15) is 5.89 Å². The minimum absolute atomic E-state index is 0.378. The molecule has 0 aromatic carbocycles. The van der Waals surface area contributed by atoms with Crippen LogP contribution in [0.4, 0.5) is 22.0 Å². The van der Waals surface area contributed by atoms with E-state index in [0.717, 1.165) is 0 Å². The zero-order valence-corrected chi connectivity index (χ0v) is 7.73. The molecule has 74 valence electrons. The molecule has 0 aliphatic carbocycles. The maximum Gasteiger partial charge on any atom is 0.463 e. The first-order valence-electron chi connectivity index (χ1n) is 2.69. The highest BCUT2D eigenvalue weighted by Crippen LogP contribution is 2.42. The molecular formula is C4F5IN2O. The first-order chi connectivity index (χ1) is 5.75. The molecule has 0 aliphatic heterocycles. The fourth-order valence-electron chi connectivity index (χ4n) is 0.453. The van der Waals surface area contributed by atoms with Gasteiger partial charge in [-0.2, -0.15) is 22.0 Å². The Balaban J connectivity index is 3.07. The summed E-state index contributed by atoms with van der Waals surface area (Å²) in [6.07, 6.45) is -5.72. The van der Waals surface area contributed by atoms with Gasteiger partial charge in [-0.1, -0.05) is 0 Å². The fraction of sp³-hybridized carbons (Fsp3) is 0.500. The molecule has 13 heavy (non-hydrogen) atoms. The molecule has 1 heterocycles. The summed E-state index contributed by atoms with van der Waals surface area (Å²) >= 11 is 1.33. The molecule has 0 aliphatic rings. The van der Waals surface area contributed by atoms with Crippen LogP contribution in [0.15, 0.2) is 4.42 Å². The molecule has 0 bridgehead atoms. The lowest BCUT2D eigenvalue weighted by Gasteiger charge is -2.14. The Hall–Kier alpha value is -0.480. The van der Waals surface area contributed by atoms with Crippen LogP contribution >= 0.6 is 22.6 Å². The quantitative estimate of drug-likeness (QED) is 0.590. The Kier molecular flexibility index (Phi) is 2.47. The van der Waals surface area contributed by atoms with Gasteiger partial charge in [0.2, 0.25) is 0 Å². The standard InChI is InChI=1S/C4F5IN2O/c5-3(6,4(7,8)9)1-11-12-2(10)13-1. The summed E-state index contributed by atoms with van der Waals surface area (Å²) in [5.74, 6) is -6.84. The van der Waals surface area contributed by atoms with Crippen LogP contribution < -0.4 is 0 Å². The largest absolute Gasteiger partial charge is 0.463 e. The van der Waals surface area contributed by atoms with E-state index >= 15 is 0 Å². The van der Waals surface area contributed by atoms with Crippen LogP contribution in [0.2, 0.25) is 0 Å². The van der Waals surface area contributed by atoms with Crippen molar-refractivity contribution in [2.75, 3.05) is 0 Å². The summed E-state index contributed by atoms with van der Waals surface area (Å²) in [4.78, 5) is 0. The van der Waals surface area contributed by atoms with Crippen LogP contribution in [0.5, 0.6) is 0 Å². The third kappa shape index (κ3) is 1.89. The van der Waals surface area contributed by atoms with Gasteiger partial charge in [0.15, 0.2) is 0 Å². The second-order valence-corrected chi connectivity index (χ2v) is 2.86. The van der Waals surface area contributed by atoms with Gasteiger partial charge in [0.1, 0.15) is 0 Å². The Bertz CT molecular complexity index is 308. The SMILES string of the molecule is FC(F)(F)C(F)(F)c1nnc(I)o1. The van der Waals surface area contributed by atoms with E-state index in [2.05, 4.69) is 14.6 Å². The molecular weight excluding hydrogens is 314 g/mol. The van der Waals surface area contributed by atoms with Crippen molar-refractivity contribution in [2.45, 2.75) is 12.1 Å². The van der Waals surface area contributed by atoms with Gasteiger partial charge >= 0.3 is 12.1 Å². The summed E-state index contributed by atoms with van der Waals surface area (Å²) in [5, 5.41) is 5.45. The fourth-order valence-corrected chi connectivity index (χ4v) is 0.770. The van der Waals surface area contributed by atoms with Crippen molar-refractivity contribution >= 4 is 22.6 Å². The van der Waals surface area contributed by atoms with E-state index in [1.165, 1.54) is 22.6 Å². The van der Waals surface area contributed by atoms with Crippen LogP contribution in [-0.2, 0) is 5.92 Å². The lowest BCUT2D eigenvalue weighted by atomic mass is 10.3. The monoisotopic (exact) mass is 314 g/mol. The first-order valence-corrected chi connectivity index (χ1v) is 3.77. The van der Waals surface area contributed by atoms with Gasteiger partial charge < -0.3 is 4.42 Å². The molecule has 1 rings (SSSR count). The van der Waals surface area contributed by atoms with Gasteiger partial charge in [-0.15, -0.1) is 10.2 Å². The van der Waals surface area contributed by atoms with Crippen molar-refractivity contribution < 1.29 is 26.4 Å². The number of alkyl halides is 5. The van der Waals surface area contributed by atoms with E-state index in [0.29, 0.717) is 0 Å². The molecule has 9 heteroatoms. The molecule has 0 unspecified atom stereocenters. The molecule has 0 spiro atoms. The molecule has 0 N–H and O–H groups in total. The minimum Gasteiger partial charge on any atom is -0.410 e. The minimum atomic E-state index is -5.72. The maximum atomic E-state index is 12.4. The topological polar surface area (TPSA) is 38.9 Å². The summed E-state index contributed by atoms with van der Waals surface area (Å²) in [7, 11) is 0. The van der Waals surface area contributed by atoms with Crippen LogP contribution in [0.3, 0.4) is 0 Å². The van der Waals surface area contributed by atoms with Crippen LogP contribution in [0, 0.1) is 3.90 Å². The third-order valence-corrected chi connectivity index (χ3v) is 1.46. The summed E-state index contributed by atoms with van der Waals surface area (Å²) in [6, 6.07) is 0. The number of nitrogens with zero attached hydrogens (tertiary/aromatic N) is 2. The number of hydrogen-bond acceptors (Lipinski definition) is 3. The average Bonchev–Trinajstić information content (AvgIpc) is 2.33. The first kappa shape index (κ1) is 10.6. The lowest BCUT2D eigenvalue weighted by molar-refractivity contribution is -0.297. The Morgan fingerprint density at radius 3 is 1.92 bits per heavy atom. The second kappa shape index (κ2) is 3.03. The van der Waals surface area contributed by atoms with Crippen molar-refractivity contribution in [3.8, 4) is 0 Å². The molecule has 0 saturated heterocycles. The van der Waals surface area contributed by atoms with Gasteiger partial charge in [0.25, 0.3) is 9.79 Å². The third-order valence-electron chi connectivity index (χ3n) is 1.02. The van der Waals surface area contributed by atoms with E-state index in [1.807, 2.05) is 0 Å². The smallest absolute Gasteiger partial charge is 0.410 e. The van der Waals surface area contributed by atoms with Crippen molar-refractivity contribution in [3.63, 3.8) is 0 Å². The molecule has 3 nitrogen and oxygen atoms in total. The van der Waals surface area contributed by atoms with E-state index in [9.17, 15) is 22.0 Å². The summed E-state index contributed by atoms with van der Waals surface area (Å²) in [5.41, 5.74) is 0. The molecule has 0 radical (unpaired) electrons. The van der Waals surface area contributed by atoms with Crippen LogP contribution in [-0.4, -0.2) is 16.4 Å². The van der Waals surface area contributed by atoms with Gasteiger partial charge in [-0.3, -0.25) is 0 Å². The van der Waals surface area contributed by atoms with Crippen molar-refractivity contribution in [3.05, 3.63) is 9.79 Å². The number of hydrogen-bond donors (Lipinski definition) is 0. The number of rotatable bonds is 1. The molecule has 0 fully saturated rings. The highest BCUT2D eigenvalue weighted by atomic mass is 127. The van der Waals surface area contributed by atoms with E-state index in [4.69, 9.17) is 0 Å². The Morgan fingerprint density at radius 2 is 1.62 bits per heavy atom. The van der Waals surface area contributed by atoms with Crippen molar-refractivity contribution in [2.24, 2.45) is 0 Å². The number of halogens is 6. The normalized spacial score (nSPS) is 13.4. The van der Waals surface area contributed by atoms with Gasteiger partial charge in [0.05, 0.1) is 0 Å². The summed E-state index contributed by atoms with van der Waals surface area (Å²) in [6.45, 7) is 0. The van der Waals surface area contributed by atoms with Crippen molar-refractivity contribution in [1.29, 1.82) is 0 Å². The number of aromatic nitrogens is 2. The maximum absolute atomic E-state index is 12.4. The molecule has 1 aromatic heterocycles. The molecule has 1 aromatic rings. The lowest BCUT2D eigenvalue weighted by Crippen LogP contribution is -2.34. The van der Waals surface area contributed by atoms with Gasteiger partial charge in [-0.25, -0.2) is 0 Å². The van der Waals surface area contributed by atoms with Gasteiger partial charge in [0, 0.05) is 22.6 Å². The summed E-state index contributed by atoms with van der Waals surface area (Å²) < 4.78 is 63.2. The molecule has 0 saturated carbocycles. The van der Waals surface area contributed by atoms with E-state index < -0.39 is 18.0 Å². The van der Waals surface area contributed by atoms with Crippen LogP contribution in [0.25, 0.3) is 0 Å². The van der Waals surface area contributed by atoms with Gasteiger partial charge in [-0.05, 0) is 0 Å². The van der Waals surface area contributed by atoms with E-state index in [-0.39, 0.29) is 3.90 Å². The predicted molar refractivity (Wildman–Crippen MR) is 37.0 cm³/mol. The van der Waals surface area contributed by atoms with E-state index in [1.54, 1.807) is 0 Å².